The molecular weight excluding hydrogens is 523 g/mol. The van der Waals surface area contributed by atoms with Crippen molar-refractivity contribution in [3.63, 3.8) is 0 Å². The molecule has 0 bridgehead atoms. The molecular formula is C22H24Br2ClFN2O. The summed E-state index contributed by atoms with van der Waals surface area (Å²) < 4.78 is 17.8. The summed E-state index contributed by atoms with van der Waals surface area (Å²) in [6, 6.07) is 13.1. The Bertz CT molecular complexity index is 836. The number of benzene rings is 2. The Kier molecular flexibility index (Phi) is 7.76. The monoisotopic (exact) mass is 544 g/mol. The SMILES string of the molecule is CN(Cc1cc(Br)cc(Br)c1)C(=O)CC(c1ccc(Cl)cc1)C1(F)CCNCC1. The second-order valence-electron chi connectivity index (χ2n) is 7.62. The first-order chi connectivity index (χ1) is 13.8. The van der Waals surface area contributed by atoms with Gasteiger partial charge in [0.1, 0.15) is 5.67 Å². The molecule has 1 atom stereocenters. The van der Waals surface area contributed by atoms with Gasteiger partial charge < -0.3 is 10.2 Å². The number of amides is 1. The topological polar surface area (TPSA) is 32.3 Å². The van der Waals surface area contributed by atoms with E-state index in [4.69, 9.17) is 11.6 Å². The zero-order valence-electron chi connectivity index (χ0n) is 16.2. The Morgan fingerprint density at radius 2 is 1.76 bits per heavy atom. The largest absolute Gasteiger partial charge is 0.341 e. The quantitative estimate of drug-likeness (QED) is 0.476. The molecule has 3 rings (SSSR count). The van der Waals surface area contributed by atoms with Gasteiger partial charge in [0.15, 0.2) is 0 Å². The fourth-order valence-corrected chi connectivity index (χ4v) is 5.39. The highest BCUT2D eigenvalue weighted by Gasteiger charge is 2.42. The molecule has 1 N–H and O–H groups in total. The van der Waals surface area contributed by atoms with Gasteiger partial charge in [0.05, 0.1) is 0 Å². The molecule has 1 aliphatic heterocycles. The summed E-state index contributed by atoms with van der Waals surface area (Å²) >= 11 is 13.0. The number of halogens is 4. The second-order valence-corrected chi connectivity index (χ2v) is 9.89. The summed E-state index contributed by atoms with van der Waals surface area (Å²) in [5.41, 5.74) is 0.418. The van der Waals surface area contributed by atoms with E-state index in [1.165, 1.54) is 0 Å². The molecule has 2 aromatic carbocycles. The van der Waals surface area contributed by atoms with Gasteiger partial charge in [0.2, 0.25) is 5.91 Å². The maximum Gasteiger partial charge on any atom is 0.223 e. The molecule has 156 valence electrons. The van der Waals surface area contributed by atoms with Crippen LogP contribution in [-0.4, -0.2) is 36.6 Å². The standard InChI is InChI=1S/C22H24Br2ClFN2O/c1-28(14-15-10-17(23)12-18(24)11-15)21(29)13-20(16-2-4-19(25)5-3-16)22(26)6-8-27-9-7-22/h2-5,10-12,20,27H,6-9,13-14H2,1H3. The molecule has 29 heavy (non-hydrogen) atoms. The normalized spacial score (nSPS) is 17.0. The van der Waals surface area contributed by atoms with E-state index in [-0.39, 0.29) is 12.3 Å². The predicted molar refractivity (Wildman–Crippen MR) is 123 cm³/mol. The lowest BCUT2D eigenvalue weighted by Gasteiger charge is -2.38. The van der Waals surface area contributed by atoms with Gasteiger partial charge in [0, 0.05) is 39.9 Å². The van der Waals surface area contributed by atoms with Gasteiger partial charge in [-0.05, 0) is 67.4 Å². The third kappa shape index (κ3) is 6.03. The van der Waals surface area contributed by atoms with Crippen molar-refractivity contribution in [3.05, 3.63) is 67.6 Å². The van der Waals surface area contributed by atoms with Gasteiger partial charge in [-0.2, -0.15) is 0 Å². The van der Waals surface area contributed by atoms with Crippen LogP contribution in [0.25, 0.3) is 0 Å². The molecule has 1 aliphatic rings. The summed E-state index contributed by atoms with van der Waals surface area (Å²) in [4.78, 5) is 14.7. The molecule has 0 aromatic heterocycles. The summed E-state index contributed by atoms with van der Waals surface area (Å²) in [6.45, 7) is 1.71. The van der Waals surface area contributed by atoms with Gasteiger partial charge in [-0.25, -0.2) is 4.39 Å². The molecule has 0 radical (unpaired) electrons. The second kappa shape index (κ2) is 9.90. The highest BCUT2D eigenvalue weighted by atomic mass is 79.9. The van der Waals surface area contributed by atoms with E-state index >= 15 is 4.39 Å². The summed E-state index contributed by atoms with van der Waals surface area (Å²) in [7, 11) is 1.77. The molecule has 0 aliphatic carbocycles. The number of carbonyl (C=O) groups is 1. The average Bonchev–Trinajstić information content (AvgIpc) is 2.66. The van der Waals surface area contributed by atoms with Crippen LogP contribution in [0.5, 0.6) is 0 Å². The van der Waals surface area contributed by atoms with Gasteiger partial charge >= 0.3 is 0 Å². The fourth-order valence-electron chi connectivity index (χ4n) is 3.88. The molecule has 0 saturated carbocycles. The van der Waals surface area contributed by atoms with Crippen LogP contribution in [0.2, 0.25) is 5.02 Å². The van der Waals surface area contributed by atoms with Crippen molar-refractivity contribution in [1.29, 1.82) is 0 Å². The highest BCUT2D eigenvalue weighted by Crippen LogP contribution is 2.41. The minimum atomic E-state index is -1.41. The fraction of sp³-hybridized carbons (Fsp3) is 0.409. The van der Waals surface area contributed by atoms with Crippen LogP contribution >= 0.6 is 43.5 Å². The van der Waals surface area contributed by atoms with Gasteiger partial charge in [-0.3, -0.25) is 4.79 Å². The minimum absolute atomic E-state index is 0.0726. The molecule has 1 amide bonds. The third-order valence-corrected chi connectivity index (χ3v) is 6.65. The van der Waals surface area contributed by atoms with Crippen molar-refractivity contribution in [2.45, 2.75) is 37.4 Å². The van der Waals surface area contributed by atoms with Crippen molar-refractivity contribution in [2.24, 2.45) is 0 Å². The Labute approximate surface area is 193 Å². The van der Waals surface area contributed by atoms with Crippen LogP contribution in [0.4, 0.5) is 4.39 Å². The first-order valence-corrected chi connectivity index (χ1v) is 11.6. The van der Waals surface area contributed by atoms with Crippen LogP contribution in [0.15, 0.2) is 51.4 Å². The summed E-state index contributed by atoms with van der Waals surface area (Å²) in [6.07, 6.45) is 0.926. The number of carbonyl (C=O) groups excluding carboxylic acids is 1. The molecule has 2 aromatic rings. The van der Waals surface area contributed by atoms with Crippen LogP contribution in [-0.2, 0) is 11.3 Å². The lowest BCUT2D eigenvalue weighted by Crippen LogP contribution is -2.44. The lowest BCUT2D eigenvalue weighted by atomic mass is 9.75. The number of alkyl halides is 1. The Balaban J connectivity index is 1.78. The lowest BCUT2D eigenvalue weighted by molar-refractivity contribution is -0.132. The maximum absolute atomic E-state index is 15.9. The van der Waals surface area contributed by atoms with E-state index in [1.807, 2.05) is 30.3 Å². The highest BCUT2D eigenvalue weighted by molar-refractivity contribution is 9.11. The Morgan fingerprint density at radius 1 is 1.17 bits per heavy atom. The predicted octanol–water partition coefficient (Wildman–Crippen LogP) is 6.09. The zero-order valence-corrected chi connectivity index (χ0v) is 20.2. The number of hydrogen-bond donors (Lipinski definition) is 1. The van der Waals surface area contributed by atoms with Crippen LogP contribution in [0, 0.1) is 0 Å². The average molecular weight is 547 g/mol. The van der Waals surface area contributed by atoms with Crippen molar-refractivity contribution in [1.82, 2.24) is 10.2 Å². The Morgan fingerprint density at radius 3 is 2.34 bits per heavy atom. The van der Waals surface area contributed by atoms with Crippen molar-refractivity contribution in [2.75, 3.05) is 20.1 Å². The summed E-state index contributed by atoms with van der Waals surface area (Å²) in [5, 5.41) is 3.82. The number of hydrogen-bond acceptors (Lipinski definition) is 2. The van der Waals surface area contributed by atoms with Crippen molar-refractivity contribution in [3.8, 4) is 0 Å². The molecule has 3 nitrogen and oxygen atoms in total. The third-order valence-electron chi connectivity index (χ3n) is 5.48. The van der Waals surface area contributed by atoms with Crippen molar-refractivity contribution < 1.29 is 9.18 Å². The number of piperidine rings is 1. The van der Waals surface area contributed by atoms with Gasteiger partial charge in [0.25, 0.3) is 0 Å². The van der Waals surface area contributed by atoms with E-state index in [9.17, 15) is 4.79 Å². The maximum atomic E-state index is 15.9. The molecule has 1 fully saturated rings. The van der Waals surface area contributed by atoms with E-state index < -0.39 is 11.6 Å². The van der Waals surface area contributed by atoms with Gasteiger partial charge in [-0.15, -0.1) is 0 Å². The van der Waals surface area contributed by atoms with E-state index in [0.29, 0.717) is 37.5 Å². The number of rotatable bonds is 6. The van der Waals surface area contributed by atoms with Crippen molar-refractivity contribution >= 4 is 49.4 Å². The summed E-state index contributed by atoms with van der Waals surface area (Å²) in [5.74, 6) is -0.567. The molecule has 0 spiro atoms. The molecule has 7 heteroatoms. The minimum Gasteiger partial charge on any atom is -0.341 e. The Hall–Kier alpha value is -0.950. The smallest absolute Gasteiger partial charge is 0.223 e. The zero-order chi connectivity index (χ0) is 21.0. The van der Waals surface area contributed by atoms with Crippen LogP contribution in [0.3, 0.4) is 0 Å². The number of nitrogens with one attached hydrogen (secondary N) is 1. The first-order valence-electron chi connectivity index (χ1n) is 9.61. The van der Waals surface area contributed by atoms with Crippen LogP contribution < -0.4 is 5.32 Å². The van der Waals surface area contributed by atoms with Gasteiger partial charge in [-0.1, -0.05) is 55.6 Å². The van der Waals surface area contributed by atoms with E-state index in [0.717, 1.165) is 20.1 Å². The molecule has 1 unspecified atom stereocenters. The van der Waals surface area contributed by atoms with Crippen LogP contribution in [0.1, 0.15) is 36.3 Å². The molecule has 1 heterocycles. The first kappa shape index (κ1) is 22.7. The number of nitrogens with zero attached hydrogens (tertiary/aromatic N) is 1. The van der Waals surface area contributed by atoms with E-state index in [1.54, 1.807) is 24.1 Å². The molecule has 1 saturated heterocycles. The van der Waals surface area contributed by atoms with E-state index in [2.05, 4.69) is 37.2 Å².